The van der Waals surface area contributed by atoms with Gasteiger partial charge in [-0.25, -0.2) is 4.79 Å². The Bertz CT molecular complexity index is 337. The molecule has 0 spiro atoms. The predicted molar refractivity (Wildman–Crippen MR) is 77.2 cm³/mol. The average molecular weight is 285 g/mol. The Morgan fingerprint density at radius 3 is 2.25 bits per heavy atom. The highest BCUT2D eigenvalue weighted by Gasteiger charge is 2.29. The Kier molecular flexibility index (Phi) is 6.26. The molecule has 0 aliphatic carbocycles. The number of hydrogen-bond acceptors (Lipinski definition) is 3. The number of hydrogen-bond donors (Lipinski definition) is 2. The lowest BCUT2D eigenvalue weighted by molar-refractivity contribution is -0.127. The maximum atomic E-state index is 12.1. The van der Waals surface area contributed by atoms with E-state index in [1.807, 2.05) is 13.8 Å². The molecule has 0 aromatic heterocycles. The first kappa shape index (κ1) is 16.8. The standard InChI is InChI=1S/C14H27N3O3/c1-10(2)12(9-18)15-13(19)11-5-7-17(8-6-11)14(20)16(3)4/h10-12,18H,5-9H2,1-4H3,(H,15,19)/t12-/m1/s1. The summed E-state index contributed by atoms with van der Waals surface area (Å²) in [4.78, 5) is 27.3. The highest BCUT2D eigenvalue weighted by Crippen LogP contribution is 2.18. The van der Waals surface area contributed by atoms with Crippen LogP contribution >= 0.6 is 0 Å². The highest BCUT2D eigenvalue weighted by atomic mass is 16.3. The lowest BCUT2D eigenvalue weighted by atomic mass is 9.95. The second kappa shape index (κ2) is 7.47. The van der Waals surface area contributed by atoms with E-state index in [0.717, 1.165) is 0 Å². The number of urea groups is 1. The number of aliphatic hydroxyl groups is 1. The maximum absolute atomic E-state index is 12.1. The molecule has 0 aromatic rings. The Labute approximate surface area is 121 Å². The van der Waals surface area contributed by atoms with Crippen LogP contribution in [-0.2, 0) is 4.79 Å². The monoisotopic (exact) mass is 285 g/mol. The van der Waals surface area contributed by atoms with E-state index in [0.29, 0.717) is 25.9 Å². The molecule has 3 amide bonds. The molecule has 116 valence electrons. The van der Waals surface area contributed by atoms with Gasteiger partial charge in [0.15, 0.2) is 0 Å². The number of piperidine rings is 1. The number of nitrogens with one attached hydrogen (secondary N) is 1. The summed E-state index contributed by atoms with van der Waals surface area (Å²) in [5.41, 5.74) is 0. The van der Waals surface area contributed by atoms with Crippen molar-refractivity contribution < 1.29 is 14.7 Å². The number of carbonyl (C=O) groups excluding carboxylic acids is 2. The molecule has 1 fully saturated rings. The second-order valence-corrected chi connectivity index (χ2v) is 5.98. The average Bonchev–Trinajstić information content (AvgIpc) is 2.43. The van der Waals surface area contributed by atoms with E-state index in [1.54, 1.807) is 23.9 Å². The molecule has 0 aromatic carbocycles. The third-order valence-electron chi connectivity index (χ3n) is 3.85. The van der Waals surface area contributed by atoms with Gasteiger partial charge in [-0.1, -0.05) is 13.8 Å². The Morgan fingerprint density at radius 1 is 1.30 bits per heavy atom. The summed E-state index contributed by atoms with van der Waals surface area (Å²) < 4.78 is 0. The molecule has 6 heteroatoms. The van der Waals surface area contributed by atoms with Crippen molar-refractivity contribution in [3.05, 3.63) is 0 Å². The van der Waals surface area contributed by atoms with Gasteiger partial charge < -0.3 is 20.2 Å². The molecule has 1 saturated heterocycles. The molecule has 1 rings (SSSR count). The maximum Gasteiger partial charge on any atom is 0.319 e. The highest BCUT2D eigenvalue weighted by molar-refractivity contribution is 5.80. The summed E-state index contributed by atoms with van der Waals surface area (Å²) in [6.07, 6.45) is 1.36. The minimum Gasteiger partial charge on any atom is -0.394 e. The van der Waals surface area contributed by atoms with Crippen molar-refractivity contribution in [3.63, 3.8) is 0 Å². The van der Waals surface area contributed by atoms with Gasteiger partial charge in [0.2, 0.25) is 5.91 Å². The first-order valence-electron chi connectivity index (χ1n) is 7.24. The van der Waals surface area contributed by atoms with E-state index in [-0.39, 0.29) is 36.4 Å². The number of nitrogens with zero attached hydrogens (tertiary/aromatic N) is 2. The van der Waals surface area contributed by atoms with E-state index in [2.05, 4.69) is 5.32 Å². The van der Waals surface area contributed by atoms with Crippen molar-refractivity contribution >= 4 is 11.9 Å². The van der Waals surface area contributed by atoms with Gasteiger partial charge in [0.05, 0.1) is 12.6 Å². The number of likely N-dealkylation sites (tertiary alicyclic amines) is 1. The fraction of sp³-hybridized carbons (Fsp3) is 0.857. The van der Waals surface area contributed by atoms with Crippen molar-refractivity contribution in [2.45, 2.75) is 32.7 Å². The summed E-state index contributed by atoms with van der Waals surface area (Å²) in [5, 5.41) is 12.1. The smallest absolute Gasteiger partial charge is 0.319 e. The number of aliphatic hydroxyl groups excluding tert-OH is 1. The number of carbonyl (C=O) groups is 2. The zero-order valence-corrected chi connectivity index (χ0v) is 12.9. The number of amides is 3. The molecule has 20 heavy (non-hydrogen) atoms. The largest absolute Gasteiger partial charge is 0.394 e. The molecule has 2 N–H and O–H groups in total. The van der Waals surface area contributed by atoms with Gasteiger partial charge in [-0.3, -0.25) is 4.79 Å². The van der Waals surface area contributed by atoms with Crippen molar-refractivity contribution in [1.82, 2.24) is 15.1 Å². The Balaban J connectivity index is 2.45. The minimum absolute atomic E-state index is 0.000673. The minimum atomic E-state index is -0.191. The third-order valence-corrected chi connectivity index (χ3v) is 3.85. The van der Waals surface area contributed by atoms with Gasteiger partial charge in [-0.05, 0) is 18.8 Å². The summed E-state index contributed by atoms with van der Waals surface area (Å²) in [6, 6.07) is -0.191. The van der Waals surface area contributed by atoms with Crippen LogP contribution in [0.4, 0.5) is 4.79 Å². The molecule has 1 aliphatic heterocycles. The summed E-state index contributed by atoms with van der Waals surface area (Å²) in [6.45, 7) is 5.13. The van der Waals surface area contributed by atoms with Gasteiger partial charge in [0.25, 0.3) is 0 Å². The van der Waals surface area contributed by atoms with Gasteiger partial charge in [-0.2, -0.15) is 0 Å². The van der Waals surface area contributed by atoms with E-state index in [4.69, 9.17) is 0 Å². The Hall–Kier alpha value is -1.30. The van der Waals surface area contributed by atoms with Crippen LogP contribution in [0.5, 0.6) is 0 Å². The fourth-order valence-corrected chi connectivity index (χ4v) is 2.34. The molecular weight excluding hydrogens is 258 g/mol. The van der Waals surface area contributed by atoms with Crippen LogP contribution in [0.25, 0.3) is 0 Å². The van der Waals surface area contributed by atoms with Crippen molar-refractivity contribution in [1.29, 1.82) is 0 Å². The van der Waals surface area contributed by atoms with Crippen LogP contribution in [0.1, 0.15) is 26.7 Å². The molecule has 0 saturated carbocycles. The topological polar surface area (TPSA) is 72.9 Å². The quantitative estimate of drug-likeness (QED) is 0.790. The lowest BCUT2D eigenvalue weighted by Crippen LogP contribution is -2.49. The zero-order valence-electron chi connectivity index (χ0n) is 12.9. The van der Waals surface area contributed by atoms with Crippen LogP contribution in [-0.4, -0.2) is 66.7 Å². The molecule has 1 atom stereocenters. The summed E-state index contributed by atoms with van der Waals surface area (Å²) >= 11 is 0. The molecule has 6 nitrogen and oxygen atoms in total. The molecular formula is C14H27N3O3. The van der Waals surface area contributed by atoms with E-state index in [9.17, 15) is 14.7 Å². The Morgan fingerprint density at radius 2 is 1.85 bits per heavy atom. The summed E-state index contributed by atoms with van der Waals surface area (Å²) in [5.74, 6) is 0.142. The second-order valence-electron chi connectivity index (χ2n) is 5.98. The summed E-state index contributed by atoms with van der Waals surface area (Å²) in [7, 11) is 3.46. The van der Waals surface area contributed by atoms with Gasteiger partial charge in [-0.15, -0.1) is 0 Å². The van der Waals surface area contributed by atoms with E-state index >= 15 is 0 Å². The molecule has 0 unspecified atom stereocenters. The van der Waals surface area contributed by atoms with Crippen molar-refractivity contribution in [3.8, 4) is 0 Å². The zero-order chi connectivity index (χ0) is 15.3. The third kappa shape index (κ3) is 4.37. The van der Waals surface area contributed by atoms with Gasteiger partial charge in [0.1, 0.15) is 0 Å². The predicted octanol–water partition coefficient (Wildman–Crippen LogP) is 0.513. The van der Waals surface area contributed by atoms with Crippen molar-refractivity contribution in [2.24, 2.45) is 11.8 Å². The number of rotatable bonds is 4. The molecule has 0 radical (unpaired) electrons. The van der Waals surface area contributed by atoms with Gasteiger partial charge in [0, 0.05) is 33.1 Å². The van der Waals surface area contributed by atoms with Crippen LogP contribution in [0, 0.1) is 11.8 Å². The SMILES string of the molecule is CC(C)[C@@H](CO)NC(=O)C1CCN(C(=O)N(C)C)CC1. The lowest BCUT2D eigenvalue weighted by Gasteiger charge is -2.33. The van der Waals surface area contributed by atoms with Crippen LogP contribution in [0.15, 0.2) is 0 Å². The van der Waals surface area contributed by atoms with Crippen LogP contribution in [0.2, 0.25) is 0 Å². The van der Waals surface area contributed by atoms with E-state index in [1.165, 1.54) is 0 Å². The molecule has 0 bridgehead atoms. The molecule has 1 aliphatic rings. The first-order chi connectivity index (χ1) is 9.36. The van der Waals surface area contributed by atoms with Crippen LogP contribution < -0.4 is 5.32 Å². The fourth-order valence-electron chi connectivity index (χ4n) is 2.34. The first-order valence-corrected chi connectivity index (χ1v) is 7.24. The van der Waals surface area contributed by atoms with Crippen molar-refractivity contribution in [2.75, 3.05) is 33.8 Å². The van der Waals surface area contributed by atoms with Crippen LogP contribution in [0.3, 0.4) is 0 Å². The van der Waals surface area contributed by atoms with E-state index < -0.39 is 0 Å². The molecule has 1 heterocycles. The van der Waals surface area contributed by atoms with Gasteiger partial charge >= 0.3 is 6.03 Å². The normalized spacial score (nSPS) is 18.0.